The van der Waals surface area contributed by atoms with Crippen molar-refractivity contribution in [3.05, 3.63) is 35.9 Å². The Kier molecular flexibility index (Phi) is 13.8. The van der Waals surface area contributed by atoms with E-state index < -0.39 is 48.2 Å². The number of nitrogens with zero attached hydrogens (tertiary/aromatic N) is 2. The number of piperidine rings is 1. The van der Waals surface area contributed by atoms with Gasteiger partial charge in [0.2, 0.25) is 29.4 Å². The molecule has 0 radical (unpaired) electrons. The number of Topliss-reactive ketones (excluding diaryl/α,β-unsaturated/α-hetero) is 1. The number of carbonyl (C=O) groups is 6. The van der Waals surface area contributed by atoms with Crippen molar-refractivity contribution in [1.82, 2.24) is 31.1 Å². The molecule has 1 aromatic rings. The number of likely N-dealkylation sites (N-methyl/N-ethyl adjacent to an activating group) is 1. The normalized spacial score (nSPS) is 22.7. The molecule has 1 saturated heterocycles. The van der Waals surface area contributed by atoms with Crippen molar-refractivity contribution in [2.75, 3.05) is 33.7 Å². The molecule has 2 saturated carbocycles. The van der Waals surface area contributed by atoms with Crippen LogP contribution in [0, 0.1) is 29.1 Å². The minimum absolute atomic E-state index is 0.0403. The lowest BCUT2D eigenvalue weighted by Crippen LogP contribution is -2.59. The zero-order chi connectivity index (χ0) is 37.5. The molecule has 0 bridgehead atoms. The van der Waals surface area contributed by atoms with E-state index in [4.69, 9.17) is 0 Å². The Balaban J connectivity index is 1.43. The first-order valence-corrected chi connectivity index (χ1v) is 18.9. The highest BCUT2D eigenvalue weighted by Crippen LogP contribution is 2.65. The first-order valence-electron chi connectivity index (χ1n) is 18.9. The van der Waals surface area contributed by atoms with Gasteiger partial charge in [0, 0.05) is 20.6 Å². The summed E-state index contributed by atoms with van der Waals surface area (Å²) >= 11 is 0. The van der Waals surface area contributed by atoms with Gasteiger partial charge in [0.1, 0.15) is 12.1 Å². The van der Waals surface area contributed by atoms with Crippen molar-refractivity contribution < 1.29 is 28.8 Å². The number of fused-ring (bicyclic) bond motifs is 1. The molecule has 1 aromatic carbocycles. The van der Waals surface area contributed by atoms with Gasteiger partial charge in [-0.15, -0.1) is 0 Å². The number of carbonyl (C=O) groups excluding carboxylic acids is 6. The second-order valence-electron chi connectivity index (χ2n) is 15.9. The topological polar surface area (TPSA) is 157 Å². The van der Waals surface area contributed by atoms with Crippen molar-refractivity contribution in [1.29, 1.82) is 0 Å². The molecule has 282 valence electrons. The van der Waals surface area contributed by atoms with Crippen molar-refractivity contribution in [2.24, 2.45) is 29.1 Å². The highest BCUT2D eigenvalue weighted by Gasteiger charge is 2.69. The maximum atomic E-state index is 14.4. The predicted octanol–water partition coefficient (Wildman–Crippen LogP) is 2.97. The number of hydrogen-bond acceptors (Lipinski definition) is 7. The molecule has 3 fully saturated rings. The van der Waals surface area contributed by atoms with Gasteiger partial charge in [0.25, 0.3) is 5.91 Å². The Morgan fingerprint density at radius 3 is 2.22 bits per heavy atom. The maximum Gasteiger partial charge on any atom is 0.290 e. The molecule has 1 aliphatic heterocycles. The van der Waals surface area contributed by atoms with Crippen LogP contribution >= 0.6 is 0 Å². The molecule has 51 heavy (non-hydrogen) atoms. The summed E-state index contributed by atoms with van der Waals surface area (Å²) in [5.41, 5.74) is 0.458. The van der Waals surface area contributed by atoms with Gasteiger partial charge >= 0.3 is 0 Å². The number of benzene rings is 1. The van der Waals surface area contributed by atoms with E-state index >= 15 is 0 Å². The molecule has 3 aliphatic rings. The van der Waals surface area contributed by atoms with Gasteiger partial charge in [-0.3, -0.25) is 28.8 Å². The number of amides is 5. The summed E-state index contributed by atoms with van der Waals surface area (Å²) in [5, 5.41) is 11.4. The van der Waals surface area contributed by atoms with E-state index in [1.54, 1.807) is 49.3 Å². The lowest BCUT2D eigenvalue weighted by molar-refractivity contribution is -0.145. The molecule has 12 heteroatoms. The van der Waals surface area contributed by atoms with Crippen LogP contribution in [0.1, 0.15) is 97.6 Å². The third-order valence-electron chi connectivity index (χ3n) is 11.2. The second kappa shape index (κ2) is 17.6. The van der Waals surface area contributed by atoms with Crippen LogP contribution in [-0.4, -0.2) is 97.0 Å². The number of hydrogen-bond donors (Lipinski definition) is 4. The first kappa shape index (κ1) is 40.0. The highest BCUT2D eigenvalue weighted by molar-refractivity contribution is 6.38. The van der Waals surface area contributed by atoms with Gasteiger partial charge in [-0.25, -0.2) is 0 Å². The summed E-state index contributed by atoms with van der Waals surface area (Å²) in [6.45, 7) is 11.1. The SMILES string of the molecule is CCCC(NC(=O)[C@@H]1C2C(CN1C(=O)[C@@H](NCCC(C)C)C1CCCCC1)C2(C)C)C(=O)C(=O)NCC(=O)N[C@H](C(=O)N(C)C)c1ccccc1. The summed E-state index contributed by atoms with van der Waals surface area (Å²) < 4.78 is 0. The van der Waals surface area contributed by atoms with E-state index in [2.05, 4.69) is 49.0 Å². The van der Waals surface area contributed by atoms with Crippen molar-refractivity contribution >= 4 is 35.3 Å². The van der Waals surface area contributed by atoms with Gasteiger partial charge in [0.05, 0.1) is 18.6 Å². The summed E-state index contributed by atoms with van der Waals surface area (Å²) in [6, 6.07) is 5.56. The summed E-state index contributed by atoms with van der Waals surface area (Å²) in [7, 11) is 3.16. The Morgan fingerprint density at radius 1 is 0.941 bits per heavy atom. The first-order chi connectivity index (χ1) is 24.2. The largest absolute Gasteiger partial charge is 0.347 e. The zero-order valence-corrected chi connectivity index (χ0v) is 31.6. The molecular weight excluding hydrogens is 648 g/mol. The monoisotopic (exact) mass is 708 g/mol. The average molecular weight is 709 g/mol. The van der Waals surface area contributed by atoms with Crippen LogP contribution in [0.2, 0.25) is 0 Å². The van der Waals surface area contributed by atoms with Crippen LogP contribution in [-0.2, 0) is 28.8 Å². The molecule has 0 aromatic heterocycles. The highest BCUT2D eigenvalue weighted by atomic mass is 16.2. The molecule has 4 rings (SSSR count). The Hall–Kier alpha value is -3.80. The minimum Gasteiger partial charge on any atom is -0.347 e. The second-order valence-corrected chi connectivity index (χ2v) is 15.9. The summed E-state index contributed by atoms with van der Waals surface area (Å²) in [6.07, 6.45) is 7.00. The molecular formula is C39H60N6O6. The van der Waals surface area contributed by atoms with Crippen LogP contribution in [0.5, 0.6) is 0 Å². The minimum atomic E-state index is -1.12. The summed E-state index contributed by atoms with van der Waals surface area (Å²) in [5.74, 6) is -2.47. The quantitative estimate of drug-likeness (QED) is 0.181. The molecule has 5 amide bonds. The molecule has 2 aliphatic carbocycles. The van der Waals surface area contributed by atoms with Crippen LogP contribution in [0.3, 0.4) is 0 Å². The molecule has 4 N–H and O–H groups in total. The Labute approximate surface area is 303 Å². The number of nitrogens with one attached hydrogen (secondary N) is 4. The van der Waals surface area contributed by atoms with E-state index in [9.17, 15) is 28.8 Å². The van der Waals surface area contributed by atoms with Crippen molar-refractivity contribution in [2.45, 2.75) is 110 Å². The lowest BCUT2D eigenvalue weighted by atomic mass is 9.83. The lowest BCUT2D eigenvalue weighted by Gasteiger charge is -2.37. The molecule has 6 atom stereocenters. The van der Waals surface area contributed by atoms with Gasteiger partial charge < -0.3 is 31.1 Å². The number of rotatable bonds is 17. The van der Waals surface area contributed by atoms with Gasteiger partial charge in [-0.1, -0.05) is 90.6 Å². The molecule has 12 nitrogen and oxygen atoms in total. The number of ketones is 1. The molecule has 0 spiro atoms. The van der Waals surface area contributed by atoms with E-state index in [1.807, 2.05) is 6.92 Å². The predicted molar refractivity (Wildman–Crippen MR) is 195 cm³/mol. The van der Waals surface area contributed by atoms with Gasteiger partial charge in [-0.05, 0) is 66.9 Å². The summed E-state index contributed by atoms with van der Waals surface area (Å²) in [4.78, 5) is 83.8. The van der Waals surface area contributed by atoms with Crippen molar-refractivity contribution in [3.63, 3.8) is 0 Å². The molecule has 3 unspecified atom stereocenters. The average Bonchev–Trinajstić information content (AvgIpc) is 3.40. The van der Waals surface area contributed by atoms with Gasteiger partial charge in [-0.2, -0.15) is 0 Å². The standard InChI is InChI=1S/C39H60N6O6/c1-8-15-28(34(47)36(49)41-22-29(46)43-32(37(50)44(6)7)26-18-13-10-14-19-26)42-35(48)33-30-27(39(30,4)5)23-45(33)38(51)31(40-21-20-24(2)3)25-16-11-9-12-17-25/h10,13-14,18-19,24-25,27-28,30-33,40H,8-9,11-12,15-17,20-23H2,1-7H3,(H,41,49)(H,42,48)(H,43,46)/t27?,28?,30?,31-,32-,33-/m0/s1. The van der Waals surface area contributed by atoms with Crippen LogP contribution in [0.25, 0.3) is 0 Å². The molecule has 1 heterocycles. The van der Waals surface area contributed by atoms with E-state index in [0.717, 1.165) is 38.6 Å². The third kappa shape index (κ3) is 9.75. The number of likely N-dealkylation sites (tertiary alicyclic amines) is 1. The van der Waals surface area contributed by atoms with Gasteiger partial charge in [0.15, 0.2) is 0 Å². The van der Waals surface area contributed by atoms with Crippen LogP contribution < -0.4 is 21.3 Å². The fraction of sp³-hybridized carbons (Fsp3) is 0.692. The fourth-order valence-corrected chi connectivity index (χ4v) is 8.07. The van der Waals surface area contributed by atoms with Crippen LogP contribution in [0.4, 0.5) is 0 Å². The van der Waals surface area contributed by atoms with E-state index in [1.165, 1.54) is 11.3 Å². The van der Waals surface area contributed by atoms with Crippen LogP contribution in [0.15, 0.2) is 30.3 Å². The van der Waals surface area contributed by atoms with E-state index in [0.29, 0.717) is 24.4 Å². The smallest absolute Gasteiger partial charge is 0.290 e. The maximum absolute atomic E-state index is 14.4. The third-order valence-corrected chi connectivity index (χ3v) is 11.2. The zero-order valence-electron chi connectivity index (χ0n) is 31.6. The Morgan fingerprint density at radius 2 is 1.61 bits per heavy atom. The Bertz CT molecular complexity index is 1410. The van der Waals surface area contributed by atoms with Crippen molar-refractivity contribution in [3.8, 4) is 0 Å². The van der Waals surface area contributed by atoms with E-state index in [-0.39, 0.29) is 47.4 Å². The fourth-order valence-electron chi connectivity index (χ4n) is 8.07.